The summed E-state index contributed by atoms with van der Waals surface area (Å²) in [4.78, 5) is 14.9. The van der Waals surface area contributed by atoms with Gasteiger partial charge in [0.2, 0.25) is 11.6 Å². The topological polar surface area (TPSA) is 103 Å². The molecular formula is C11H14N4O3. The standard InChI is InChI=1S/C11H14N4O3/c1-8(2)3-4-9-13-11(10(12)17)14-15(9)7-18-6-5-16/h16H,1,5-7H2,2H3,(H2,12,17). The Balaban J connectivity index is 2.95. The molecule has 1 heterocycles. The van der Waals surface area contributed by atoms with Gasteiger partial charge in [-0.25, -0.2) is 4.68 Å². The number of hydrogen-bond acceptors (Lipinski definition) is 5. The molecule has 0 saturated heterocycles. The molecule has 0 radical (unpaired) electrons. The van der Waals surface area contributed by atoms with Crippen LogP contribution >= 0.6 is 0 Å². The van der Waals surface area contributed by atoms with Gasteiger partial charge in [-0.2, -0.15) is 4.98 Å². The molecule has 0 saturated carbocycles. The number of allylic oxidation sites excluding steroid dienone is 1. The van der Waals surface area contributed by atoms with Crippen molar-refractivity contribution in [3.63, 3.8) is 0 Å². The summed E-state index contributed by atoms with van der Waals surface area (Å²) in [5.74, 6) is 4.81. The van der Waals surface area contributed by atoms with E-state index in [1.807, 2.05) is 0 Å². The van der Waals surface area contributed by atoms with E-state index < -0.39 is 5.91 Å². The summed E-state index contributed by atoms with van der Waals surface area (Å²) in [6, 6.07) is 0. The van der Waals surface area contributed by atoms with Crippen LogP contribution in [0.4, 0.5) is 0 Å². The highest BCUT2D eigenvalue weighted by Gasteiger charge is 2.12. The van der Waals surface area contributed by atoms with Gasteiger partial charge in [-0.15, -0.1) is 5.10 Å². The molecule has 1 amide bonds. The van der Waals surface area contributed by atoms with Crippen LogP contribution in [0.1, 0.15) is 23.4 Å². The Kier molecular flexibility index (Phi) is 5.05. The molecule has 0 aliphatic rings. The second-order valence-electron chi connectivity index (χ2n) is 3.41. The molecule has 96 valence electrons. The maximum absolute atomic E-state index is 11.0. The first-order chi connectivity index (χ1) is 8.54. The predicted molar refractivity (Wildman–Crippen MR) is 63.3 cm³/mol. The molecule has 0 atom stereocenters. The van der Waals surface area contributed by atoms with E-state index in [1.54, 1.807) is 6.92 Å². The third kappa shape index (κ3) is 4.01. The van der Waals surface area contributed by atoms with Crippen LogP contribution in [0.5, 0.6) is 0 Å². The van der Waals surface area contributed by atoms with E-state index in [1.165, 1.54) is 4.68 Å². The van der Waals surface area contributed by atoms with E-state index >= 15 is 0 Å². The number of nitrogens with two attached hydrogens (primary N) is 1. The largest absolute Gasteiger partial charge is 0.394 e. The molecule has 0 fully saturated rings. The van der Waals surface area contributed by atoms with E-state index in [4.69, 9.17) is 15.6 Å². The van der Waals surface area contributed by atoms with Crippen molar-refractivity contribution in [2.75, 3.05) is 13.2 Å². The van der Waals surface area contributed by atoms with Crippen LogP contribution < -0.4 is 5.73 Å². The fourth-order valence-electron chi connectivity index (χ4n) is 1.01. The molecule has 18 heavy (non-hydrogen) atoms. The highest BCUT2D eigenvalue weighted by Crippen LogP contribution is 1.98. The summed E-state index contributed by atoms with van der Waals surface area (Å²) in [6.07, 6.45) is 0. The molecule has 0 aliphatic heterocycles. The number of aliphatic hydroxyl groups is 1. The van der Waals surface area contributed by atoms with E-state index in [-0.39, 0.29) is 31.6 Å². The number of carbonyl (C=O) groups is 1. The van der Waals surface area contributed by atoms with Gasteiger partial charge in [0.15, 0.2) is 0 Å². The molecule has 0 unspecified atom stereocenters. The molecule has 7 nitrogen and oxygen atoms in total. The molecule has 0 aliphatic carbocycles. The first-order valence-corrected chi connectivity index (χ1v) is 5.15. The van der Waals surface area contributed by atoms with Crippen LogP contribution in [0.25, 0.3) is 0 Å². The highest BCUT2D eigenvalue weighted by atomic mass is 16.5. The molecule has 3 N–H and O–H groups in total. The highest BCUT2D eigenvalue weighted by molar-refractivity contribution is 5.88. The molecule has 0 aromatic carbocycles. The molecule has 7 heteroatoms. The smallest absolute Gasteiger partial charge is 0.288 e. The molecule has 0 bridgehead atoms. The molecule has 1 aromatic rings. The Morgan fingerprint density at radius 3 is 2.94 bits per heavy atom. The average molecular weight is 250 g/mol. The van der Waals surface area contributed by atoms with Gasteiger partial charge < -0.3 is 15.6 Å². The maximum Gasteiger partial charge on any atom is 0.288 e. The average Bonchev–Trinajstić information content (AvgIpc) is 2.70. The van der Waals surface area contributed by atoms with Crippen LogP contribution in [0, 0.1) is 11.8 Å². The van der Waals surface area contributed by atoms with Crippen molar-refractivity contribution in [2.45, 2.75) is 13.7 Å². The lowest BCUT2D eigenvalue weighted by molar-refractivity contribution is 0.0411. The Bertz CT molecular complexity index is 510. The summed E-state index contributed by atoms with van der Waals surface area (Å²) in [5.41, 5.74) is 5.74. The number of carbonyl (C=O) groups excluding carboxylic acids is 1. The van der Waals surface area contributed by atoms with E-state index in [0.717, 1.165) is 0 Å². The minimum atomic E-state index is -0.741. The second-order valence-corrected chi connectivity index (χ2v) is 3.41. The van der Waals surface area contributed by atoms with Crippen LogP contribution in [-0.2, 0) is 11.5 Å². The molecular weight excluding hydrogens is 236 g/mol. The fourth-order valence-corrected chi connectivity index (χ4v) is 1.01. The lowest BCUT2D eigenvalue weighted by Gasteiger charge is -2.02. The maximum atomic E-state index is 11.0. The van der Waals surface area contributed by atoms with Crippen LogP contribution in [0.2, 0.25) is 0 Å². The van der Waals surface area contributed by atoms with Gasteiger partial charge in [-0.1, -0.05) is 12.5 Å². The van der Waals surface area contributed by atoms with Crippen LogP contribution in [0.3, 0.4) is 0 Å². The number of aromatic nitrogens is 3. The van der Waals surface area contributed by atoms with Crippen molar-refractivity contribution in [3.8, 4) is 11.8 Å². The monoisotopic (exact) mass is 250 g/mol. The van der Waals surface area contributed by atoms with E-state index in [9.17, 15) is 4.79 Å². The van der Waals surface area contributed by atoms with Gasteiger partial charge in [-0.05, 0) is 18.4 Å². The number of aliphatic hydroxyl groups excluding tert-OH is 1. The number of rotatable bonds is 5. The van der Waals surface area contributed by atoms with Gasteiger partial charge >= 0.3 is 0 Å². The minimum absolute atomic E-state index is 0.0288. The zero-order valence-corrected chi connectivity index (χ0v) is 10.0. The number of ether oxygens (including phenoxy) is 1. The predicted octanol–water partition coefficient (Wildman–Crippen LogP) is -0.729. The lowest BCUT2D eigenvalue weighted by atomic mass is 10.3. The number of primary amides is 1. The van der Waals surface area contributed by atoms with Crippen molar-refractivity contribution < 1.29 is 14.6 Å². The first-order valence-electron chi connectivity index (χ1n) is 5.15. The number of hydrogen-bond donors (Lipinski definition) is 2. The van der Waals surface area contributed by atoms with Crippen LogP contribution in [-0.4, -0.2) is 39.0 Å². The number of amides is 1. The minimum Gasteiger partial charge on any atom is -0.394 e. The van der Waals surface area contributed by atoms with Crippen molar-refractivity contribution in [1.82, 2.24) is 14.8 Å². The third-order valence-electron chi connectivity index (χ3n) is 1.73. The zero-order valence-electron chi connectivity index (χ0n) is 10.0. The molecule has 1 rings (SSSR count). The Morgan fingerprint density at radius 2 is 2.39 bits per heavy atom. The van der Waals surface area contributed by atoms with Crippen molar-refractivity contribution in [1.29, 1.82) is 0 Å². The second kappa shape index (κ2) is 6.54. The van der Waals surface area contributed by atoms with Gasteiger partial charge in [-0.3, -0.25) is 4.79 Å². The SMILES string of the molecule is C=C(C)C#Cc1nc(C(N)=O)nn1COCCO. The fraction of sp³-hybridized carbons (Fsp3) is 0.364. The summed E-state index contributed by atoms with van der Waals surface area (Å²) in [7, 11) is 0. The first kappa shape index (κ1) is 13.9. The van der Waals surface area contributed by atoms with Crippen LogP contribution in [0.15, 0.2) is 12.2 Å². The van der Waals surface area contributed by atoms with Gasteiger partial charge in [0.25, 0.3) is 5.91 Å². The summed E-state index contributed by atoms with van der Waals surface area (Å²) in [6.45, 7) is 5.44. The number of nitrogens with zero attached hydrogens (tertiary/aromatic N) is 3. The van der Waals surface area contributed by atoms with Crippen molar-refractivity contribution >= 4 is 5.91 Å². The molecule has 0 spiro atoms. The normalized spacial score (nSPS) is 9.67. The Morgan fingerprint density at radius 1 is 1.67 bits per heavy atom. The summed E-state index contributed by atoms with van der Waals surface area (Å²) < 4.78 is 6.37. The van der Waals surface area contributed by atoms with Gasteiger partial charge in [0.1, 0.15) is 6.73 Å². The lowest BCUT2D eigenvalue weighted by Crippen LogP contribution is -2.14. The van der Waals surface area contributed by atoms with E-state index in [2.05, 4.69) is 28.5 Å². The van der Waals surface area contributed by atoms with Crippen molar-refractivity contribution in [2.24, 2.45) is 5.73 Å². The molecule has 1 aromatic heterocycles. The van der Waals surface area contributed by atoms with Crippen molar-refractivity contribution in [3.05, 3.63) is 23.8 Å². The Hall–Kier alpha value is -2.17. The quantitative estimate of drug-likeness (QED) is 0.529. The summed E-state index contributed by atoms with van der Waals surface area (Å²) >= 11 is 0. The Labute approximate surface area is 104 Å². The van der Waals surface area contributed by atoms with E-state index in [0.29, 0.717) is 5.57 Å². The van der Waals surface area contributed by atoms with Gasteiger partial charge in [0.05, 0.1) is 13.2 Å². The summed E-state index contributed by atoms with van der Waals surface area (Å²) in [5, 5.41) is 12.5. The van der Waals surface area contributed by atoms with Gasteiger partial charge in [0, 0.05) is 0 Å². The zero-order chi connectivity index (χ0) is 13.5. The third-order valence-corrected chi connectivity index (χ3v) is 1.73.